The Labute approximate surface area is 172 Å². The number of anilines is 1. The number of aromatic nitrogens is 4. The number of nitrogens with one attached hydrogen (secondary N) is 1. The number of rotatable bonds is 3. The van der Waals surface area contributed by atoms with Gasteiger partial charge < -0.3 is 9.47 Å². The number of alkyl halides is 3. The van der Waals surface area contributed by atoms with Gasteiger partial charge in [-0.05, 0) is 19.1 Å². The molecular formula is C18H15ClF3N5OS. The molecule has 1 aromatic carbocycles. The van der Waals surface area contributed by atoms with Crippen molar-refractivity contribution in [2.45, 2.75) is 36.1 Å². The zero-order chi connectivity index (χ0) is 20.8. The summed E-state index contributed by atoms with van der Waals surface area (Å²) in [5, 5.41) is 6.72. The van der Waals surface area contributed by atoms with Crippen molar-refractivity contribution in [3.63, 3.8) is 0 Å². The molecule has 1 N–H and O–H groups in total. The monoisotopic (exact) mass is 441 g/mol. The Hall–Kier alpha value is -2.46. The van der Waals surface area contributed by atoms with E-state index in [1.165, 1.54) is 12.3 Å². The summed E-state index contributed by atoms with van der Waals surface area (Å²) in [6, 6.07) is 4.30. The van der Waals surface area contributed by atoms with Crippen LogP contribution in [0.3, 0.4) is 0 Å². The first-order chi connectivity index (χ1) is 13.7. The average Bonchev–Trinajstić information content (AvgIpc) is 3.06. The van der Waals surface area contributed by atoms with Crippen molar-refractivity contribution in [2.75, 3.05) is 11.4 Å². The molecule has 1 aliphatic rings. The van der Waals surface area contributed by atoms with Crippen molar-refractivity contribution >= 4 is 29.1 Å². The minimum Gasteiger partial charge on any atom is -0.360 e. The molecule has 3 heterocycles. The Bertz CT molecular complexity index is 1130. The van der Waals surface area contributed by atoms with E-state index in [9.17, 15) is 18.0 Å². The maximum atomic E-state index is 13.4. The van der Waals surface area contributed by atoms with Crippen molar-refractivity contribution in [1.82, 2.24) is 19.7 Å². The highest BCUT2D eigenvalue weighted by Crippen LogP contribution is 2.40. The summed E-state index contributed by atoms with van der Waals surface area (Å²) in [6.45, 7) is 3.01. The van der Waals surface area contributed by atoms with Gasteiger partial charge in [0.15, 0.2) is 0 Å². The second-order valence-corrected chi connectivity index (χ2v) is 8.02. The van der Waals surface area contributed by atoms with Crippen LogP contribution in [0.15, 0.2) is 45.3 Å². The van der Waals surface area contributed by atoms with Gasteiger partial charge >= 0.3 is 6.18 Å². The third kappa shape index (κ3) is 3.86. The molecule has 0 aliphatic carbocycles. The first-order valence-electron chi connectivity index (χ1n) is 8.62. The Morgan fingerprint density at radius 1 is 1.24 bits per heavy atom. The topological polar surface area (TPSA) is 66.8 Å². The number of nitrogens with zero attached hydrogens (tertiary/aromatic N) is 4. The third-order valence-corrected chi connectivity index (χ3v) is 6.08. The first kappa shape index (κ1) is 19.8. The van der Waals surface area contributed by atoms with E-state index in [1.807, 2.05) is 9.47 Å². The molecule has 29 heavy (non-hydrogen) atoms. The highest BCUT2D eigenvalue weighted by molar-refractivity contribution is 7.99. The molecule has 0 radical (unpaired) electrons. The average molecular weight is 442 g/mol. The molecule has 6 nitrogen and oxygen atoms in total. The molecule has 3 aromatic rings. The van der Waals surface area contributed by atoms with Crippen molar-refractivity contribution in [1.29, 1.82) is 0 Å². The summed E-state index contributed by atoms with van der Waals surface area (Å²) < 4.78 is 42.1. The van der Waals surface area contributed by atoms with E-state index < -0.39 is 17.3 Å². The zero-order valence-corrected chi connectivity index (χ0v) is 16.7. The van der Waals surface area contributed by atoms with Gasteiger partial charge in [0.1, 0.15) is 10.8 Å². The molecule has 0 saturated heterocycles. The lowest BCUT2D eigenvalue weighted by molar-refractivity contribution is -0.139. The molecule has 0 saturated carbocycles. The van der Waals surface area contributed by atoms with Gasteiger partial charge in [0.2, 0.25) is 0 Å². The number of benzene rings is 1. The van der Waals surface area contributed by atoms with Crippen LogP contribution >= 0.6 is 23.4 Å². The van der Waals surface area contributed by atoms with Crippen molar-refractivity contribution < 1.29 is 13.2 Å². The fourth-order valence-corrected chi connectivity index (χ4v) is 4.45. The van der Waals surface area contributed by atoms with Crippen molar-refractivity contribution in [3.8, 4) is 0 Å². The van der Waals surface area contributed by atoms with E-state index in [1.54, 1.807) is 19.2 Å². The Morgan fingerprint density at radius 3 is 2.79 bits per heavy atom. The number of hydrogen-bond acceptors (Lipinski definition) is 5. The van der Waals surface area contributed by atoms with E-state index in [2.05, 4.69) is 15.2 Å². The van der Waals surface area contributed by atoms with Crippen molar-refractivity contribution in [3.05, 3.63) is 62.9 Å². The lowest BCUT2D eigenvalue weighted by Crippen LogP contribution is -2.35. The van der Waals surface area contributed by atoms with E-state index >= 15 is 0 Å². The highest BCUT2D eigenvalue weighted by atomic mass is 35.5. The highest BCUT2D eigenvalue weighted by Gasteiger charge is 2.34. The van der Waals surface area contributed by atoms with Gasteiger partial charge in [-0.3, -0.25) is 4.79 Å². The normalized spacial score (nSPS) is 14.2. The molecular weight excluding hydrogens is 427 g/mol. The minimum absolute atomic E-state index is 0.0454. The van der Waals surface area contributed by atoms with Crippen molar-refractivity contribution in [2.24, 2.45) is 0 Å². The molecule has 0 bridgehead atoms. The summed E-state index contributed by atoms with van der Waals surface area (Å²) in [6.07, 6.45) is -1.39. The standard InChI is InChI=1S/C18H15ClF3N5OS/c1-10-2-3-13(11(6-10)18(20,21)22)29-15-8-23-14-9-26(4-5-27(14)15)12-7-24-25-17(28)16(12)19/h2-3,6-8H,4-5,9H2,1H3,(H,25,28). The van der Waals surface area contributed by atoms with Crippen LogP contribution in [0, 0.1) is 6.92 Å². The molecule has 1 aliphatic heterocycles. The molecule has 0 spiro atoms. The second kappa shape index (κ2) is 7.42. The summed E-state index contributed by atoms with van der Waals surface area (Å²) in [4.78, 5) is 18.0. The maximum Gasteiger partial charge on any atom is 0.417 e. The molecule has 0 fully saturated rings. The summed E-state index contributed by atoms with van der Waals surface area (Å²) in [5.41, 5.74) is -0.0852. The quantitative estimate of drug-likeness (QED) is 0.662. The predicted octanol–water partition coefficient (Wildman–Crippen LogP) is 4.12. The third-order valence-electron chi connectivity index (χ3n) is 4.60. The number of aryl methyl sites for hydroxylation is 1. The molecule has 0 atom stereocenters. The predicted molar refractivity (Wildman–Crippen MR) is 103 cm³/mol. The maximum absolute atomic E-state index is 13.4. The second-order valence-electron chi connectivity index (χ2n) is 6.58. The van der Waals surface area contributed by atoms with Gasteiger partial charge in [0.25, 0.3) is 5.56 Å². The number of fused-ring (bicyclic) bond motifs is 1. The van der Waals surface area contributed by atoms with Crippen LogP contribution in [0.5, 0.6) is 0 Å². The van der Waals surface area contributed by atoms with Crippen LogP contribution in [0.4, 0.5) is 18.9 Å². The molecule has 2 aromatic heterocycles. The Kier molecular flexibility index (Phi) is 5.07. The van der Waals surface area contributed by atoms with Crippen LogP contribution in [0.2, 0.25) is 5.02 Å². The SMILES string of the molecule is Cc1ccc(Sc2cnc3n2CCN(c2cn[nH]c(=O)c2Cl)C3)c(C(F)(F)F)c1. The van der Waals surface area contributed by atoms with Gasteiger partial charge in [-0.25, -0.2) is 10.1 Å². The fourth-order valence-electron chi connectivity index (χ4n) is 3.18. The molecule has 0 amide bonds. The fraction of sp³-hybridized carbons (Fsp3) is 0.278. The number of imidazole rings is 1. The number of aromatic amines is 1. The van der Waals surface area contributed by atoms with E-state index in [-0.39, 0.29) is 9.92 Å². The van der Waals surface area contributed by atoms with Gasteiger partial charge in [-0.15, -0.1) is 0 Å². The largest absolute Gasteiger partial charge is 0.417 e. The van der Waals surface area contributed by atoms with Crippen LogP contribution in [0.1, 0.15) is 17.0 Å². The van der Waals surface area contributed by atoms with Gasteiger partial charge in [0.05, 0.1) is 35.2 Å². The molecule has 11 heteroatoms. The zero-order valence-electron chi connectivity index (χ0n) is 15.1. The van der Waals surface area contributed by atoms with Crippen LogP contribution in [0.25, 0.3) is 0 Å². The minimum atomic E-state index is -4.43. The summed E-state index contributed by atoms with van der Waals surface area (Å²) in [7, 11) is 0. The summed E-state index contributed by atoms with van der Waals surface area (Å²) in [5.74, 6) is 0.677. The van der Waals surface area contributed by atoms with Crippen LogP contribution < -0.4 is 10.5 Å². The molecule has 4 rings (SSSR count). The number of halogens is 4. The first-order valence-corrected chi connectivity index (χ1v) is 9.81. The van der Waals surface area contributed by atoms with E-state index in [4.69, 9.17) is 11.6 Å². The van der Waals surface area contributed by atoms with E-state index in [0.717, 1.165) is 17.8 Å². The van der Waals surface area contributed by atoms with Crippen LogP contribution in [-0.2, 0) is 19.3 Å². The van der Waals surface area contributed by atoms with E-state index in [0.29, 0.717) is 41.7 Å². The van der Waals surface area contributed by atoms with Crippen LogP contribution in [-0.4, -0.2) is 26.3 Å². The molecule has 152 valence electrons. The Balaban J connectivity index is 1.62. The lowest BCUT2D eigenvalue weighted by Gasteiger charge is -2.30. The number of hydrogen-bond donors (Lipinski definition) is 1. The van der Waals surface area contributed by atoms with Gasteiger partial charge in [-0.1, -0.05) is 35.0 Å². The number of H-pyrrole nitrogens is 1. The lowest BCUT2D eigenvalue weighted by atomic mass is 10.1. The Morgan fingerprint density at radius 2 is 2.03 bits per heavy atom. The smallest absolute Gasteiger partial charge is 0.360 e. The van der Waals surface area contributed by atoms with Gasteiger partial charge in [0, 0.05) is 18.0 Å². The van der Waals surface area contributed by atoms with Gasteiger partial charge in [-0.2, -0.15) is 18.3 Å². The summed E-state index contributed by atoms with van der Waals surface area (Å²) >= 11 is 7.12. The molecule has 0 unspecified atom stereocenters.